The molecular formula is C17H11BrClNO. The molecule has 4 heteroatoms. The summed E-state index contributed by atoms with van der Waals surface area (Å²) >= 11 is 9.29. The molecule has 0 aliphatic carbocycles. The van der Waals surface area contributed by atoms with Gasteiger partial charge >= 0.3 is 0 Å². The fourth-order valence-corrected chi connectivity index (χ4v) is 2.67. The van der Waals surface area contributed by atoms with Crippen LogP contribution in [0.15, 0.2) is 71.4 Å². The Labute approximate surface area is 136 Å². The first-order valence-corrected chi connectivity index (χ1v) is 7.50. The molecule has 0 spiro atoms. The maximum Gasteiger partial charge on any atom is 0.256 e. The van der Waals surface area contributed by atoms with Gasteiger partial charge in [-0.1, -0.05) is 46.2 Å². The predicted molar refractivity (Wildman–Crippen MR) is 90.2 cm³/mol. The lowest BCUT2D eigenvalue weighted by Gasteiger charge is -2.19. The monoisotopic (exact) mass is 359 g/mol. The van der Waals surface area contributed by atoms with E-state index < -0.39 is 0 Å². The Kier molecular flexibility index (Phi) is 3.70. The fourth-order valence-electron chi connectivity index (χ4n) is 2.28. The van der Waals surface area contributed by atoms with E-state index in [9.17, 15) is 4.79 Å². The summed E-state index contributed by atoms with van der Waals surface area (Å²) in [5.41, 5.74) is 3.23. The fraction of sp³-hybridized carbons (Fsp3) is 0. The number of halogens is 2. The van der Waals surface area contributed by atoms with Crippen molar-refractivity contribution >= 4 is 44.7 Å². The van der Waals surface area contributed by atoms with Crippen molar-refractivity contribution in [2.24, 2.45) is 0 Å². The van der Waals surface area contributed by atoms with Gasteiger partial charge in [0.2, 0.25) is 0 Å². The van der Waals surface area contributed by atoms with Crippen molar-refractivity contribution in [3.8, 4) is 0 Å². The molecule has 2 aromatic carbocycles. The van der Waals surface area contributed by atoms with Gasteiger partial charge in [-0.2, -0.15) is 0 Å². The second-order valence-corrected chi connectivity index (χ2v) is 6.01. The van der Waals surface area contributed by atoms with Crippen molar-refractivity contribution in [3.63, 3.8) is 0 Å². The Hall–Kier alpha value is -1.84. The summed E-state index contributed by atoms with van der Waals surface area (Å²) in [5, 5.41) is 0.636. The Balaban J connectivity index is 1.95. The molecule has 104 valence electrons. The molecule has 2 nitrogen and oxygen atoms in total. The lowest BCUT2D eigenvalue weighted by molar-refractivity contribution is -0.113. The highest BCUT2D eigenvalue weighted by Gasteiger charge is 2.27. The van der Waals surface area contributed by atoms with Crippen LogP contribution in [-0.2, 0) is 4.79 Å². The minimum atomic E-state index is -0.0970. The molecule has 1 aliphatic heterocycles. The molecule has 1 amide bonds. The normalized spacial score (nSPS) is 14.6. The molecule has 2 aromatic rings. The van der Waals surface area contributed by atoms with Gasteiger partial charge in [0, 0.05) is 26.8 Å². The smallest absolute Gasteiger partial charge is 0.256 e. The molecule has 0 unspecified atom stereocenters. The molecular weight excluding hydrogens is 350 g/mol. The number of carbonyl (C=O) groups excluding carboxylic acids is 1. The lowest BCUT2D eigenvalue weighted by atomic mass is 10.1. The first-order chi connectivity index (χ1) is 10.1. The van der Waals surface area contributed by atoms with E-state index in [1.165, 1.54) is 0 Å². The van der Waals surface area contributed by atoms with Gasteiger partial charge < -0.3 is 0 Å². The highest BCUT2D eigenvalue weighted by molar-refractivity contribution is 9.10. The highest BCUT2D eigenvalue weighted by atomic mass is 79.9. The molecule has 0 saturated heterocycles. The zero-order valence-electron chi connectivity index (χ0n) is 11.0. The van der Waals surface area contributed by atoms with Crippen molar-refractivity contribution in [2.45, 2.75) is 0 Å². The molecule has 1 aliphatic rings. The Bertz CT molecular complexity index is 747. The molecule has 0 radical (unpaired) electrons. The number of anilines is 1. The van der Waals surface area contributed by atoms with Crippen LogP contribution in [0.1, 0.15) is 5.56 Å². The molecule has 0 bridgehead atoms. The second-order valence-electron chi connectivity index (χ2n) is 4.66. The third-order valence-electron chi connectivity index (χ3n) is 3.31. The molecule has 0 fully saturated rings. The van der Waals surface area contributed by atoms with E-state index >= 15 is 0 Å². The van der Waals surface area contributed by atoms with Crippen molar-refractivity contribution in [3.05, 3.63) is 81.9 Å². The van der Waals surface area contributed by atoms with Gasteiger partial charge in [0.05, 0.1) is 5.70 Å². The minimum Gasteiger partial charge on any atom is -0.277 e. The lowest BCUT2D eigenvalue weighted by Crippen LogP contribution is -2.22. The number of benzene rings is 2. The van der Waals surface area contributed by atoms with Crippen LogP contribution < -0.4 is 4.90 Å². The molecule has 1 heterocycles. The summed E-state index contributed by atoms with van der Waals surface area (Å²) in [6, 6.07) is 14.9. The largest absolute Gasteiger partial charge is 0.277 e. The maximum absolute atomic E-state index is 12.3. The first-order valence-electron chi connectivity index (χ1n) is 6.33. The molecule has 3 rings (SSSR count). The predicted octanol–water partition coefficient (Wildman–Crippen LogP) is 5.05. The van der Waals surface area contributed by atoms with Gasteiger partial charge in [-0.15, -0.1) is 0 Å². The standard InChI is InChI=1S/C17H11BrClNO/c1-11-16(12-2-4-13(18)5-3-12)10-17(21)20(11)15-8-6-14(19)7-9-15/h2-10H,1H2. The number of nitrogens with zero attached hydrogens (tertiary/aromatic N) is 1. The number of rotatable bonds is 2. The van der Waals surface area contributed by atoms with E-state index in [2.05, 4.69) is 22.5 Å². The van der Waals surface area contributed by atoms with Gasteiger partial charge in [-0.25, -0.2) is 0 Å². The number of amides is 1. The van der Waals surface area contributed by atoms with Gasteiger partial charge in [-0.05, 0) is 42.0 Å². The molecule has 0 atom stereocenters. The van der Waals surface area contributed by atoms with Crippen molar-refractivity contribution < 1.29 is 4.79 Å². The summed E-state index contributed by atoms with van der Waals surface area (Å²) < 4.78 is 0.997. The van der Waals surface area contributed by atoms with Crippen molar-refractivity contribution in [1.29, 1.82) is 0 Å². The van der Waals surface area contributed by atoms with Crippen LogP contribution in [0.2, 0.25) is 5.02 Å². The third kappa shape index (κ3) is 2.67. The number of allylic oxidation sites excluding steroid dienone is 1. The maximum atomic E-state index is 12.3. The SMILES string of the molecule is C=C1C(c2ccc(Br)cc2)=CC(=O)N1c1ccc(Cl)cc1. The van der Waals surface area contributed by atoms with Crippen LogP contribution in [0.5, 0.6) is 0 Å². The summed E-state index contributed by atoms with van der Waals surface area (Å²) in [5.74, 6) is -0.0970. The van der Waals surface area contributed by atoms with E-state index in [1.807, 2.05) is 36.4 Å². The van der Waals surface area contributed by atoms with Crippen molar-refractivity contribution in [2.75, 3.05) is 4.90 Å². The molecule has 21 heavy (non-hydrogen) atoms. The highest BCUT2D eigenvalue weighted by Crippen LogP contribution is 2.35. The summed E-state index contributed by atoms with van der Waals surface area (Å²) in [6.07, 6.45) is 1.61. The second kappa shape index (κ2) is 5.51. The van der Waals surface area contributed by atoms with E-state index in [0.29, 0.717) is 10.7 Å². The molecule has 0 saturated carbocycles. The zero-order valence-corrected chi connectivity index (χ0v) is 13.4. The van der Waals surface area contributed by atoms with Gasteiger partial charge in [0.25, 0.3) is 5.91 Å². The number of hydrogen-bond acceptors (Lipinski definition) is 1. The van der Waals surface area contributed by atoms with Crippen LogP contribution in [0.25, 0.3) is 5.57 Å². The van der Waals surface area contributed by atoms with Gasteiger partial charge in [0.1, 0.15) is 0 Å². The Morgan fingerprint density at radius 3 is 2.24 bits per heavy atom. The van der Waals surface area contributed by atoms with E-state index in [4.69, 9.17) is 11.6 Å². The van der Waals surface area contributed by atoms with Gasteiger partial charge in [0.15, 0.2) is 0 Å². The average Bonchev–Trinajstić information content (AvgIpc) is 2.76. The summed E-state index contributed by atoms with van der Waals surface area (Å²) in [7, 11) is 0. The first kappa shape index (κ1) is 14.1. The van der Waals surface area contributed by atoms with Crippen LogP contribution in [0.3, 0.4) is 0 Å². The molecule has 0 N–H and O–H groups in total. The quantitative estimate of drug-likeness (QED) is 0.734. The molecule has 0 aromatic heterocycles. The summed E-state index contributed by atoms with van der Waals surface area (Å²) in [4.78, 5) is 13.9. The van der Waals surface area contributed by atoms with Crippen molar-refractivity contribution in [1.82, 2.24) is 0 Å². The average molecular weight is 361 g/mol. The van der Waals surface area contributed by atoms with Crippen LogP contribution in [0, 0.1) is 0 Å². The zero-order chi connectivity index (χ0) is 15.0. The van der Waals surface area contributed by atoms with Crippen LogP contribution >= 0.6 is 27.5 Å². The number of hydrogen-bond donors (Lipinski definition) is 0. The third-order valence-corrected chi connectivity index (χ3v) is 4.09. The summed E-state index contributed by atoms with van der Waals surface area (Å²) in [6.45, 7) is 4.06. The van der Waals surface area contributed by atoms with Crippen LogP contribution in [0.4, 0.5) is 5.69 Å². The Morgan fingerprint density at radius 2 is 1.62 bits per heavy atom. The topological polar surface area (TPSA) is 20.3 Å². The van der Waals surface area contributed by atoms with Crippen LogP contribution in [-0.4, -0.2) is 5.91 Å². The van der Waals surface area contributed by atoms with E-state index in [0.717, 1.165) is 21.3 Å². The van der Waals surface area contributed by atoms with Gasteiger partial charge in [-0.3, -0.25) is 9.69 Å². The van der Waals surface area contributed by atoms with E-state index in [-0.39, 0.29) is 5.91 Å². The van der Waals surface area contributed by atoms with E-state index in [1.54, 1.807) is 23.1 Å². The minimum absolute atomic E-state index is 0.0970. The number of carbonyl (C=O) groups is 1. The Morgan fingerprint density at radius 1 is 1.00 bits per heavy atom.